The van der Waals surface area contributed by atoms with E-state index >= 15 is 0 Å². The van der Waals surface area contributed by atoms with Gasteiger partial charge in [-0.15, -0.1) is 0 Å². The molecule has 0 radical (unpaired) electrons. The maximum Gasteiger partial charge on any atom is 0.246 e. The molecule has 4 nitrogen and oxygen atoms in total. The molecule has 0 spiro atoms. The standard InChI is InChI=1S/C23H26ClN3O/c24-21-18-20(25-12-4-5-13-25)9-10-22(21)26-14-16-27(17-15-26)23(28)11-8-19-6-2-1-3-7-19/h1-3,6-11,18H,4-5,12-17H2. The van der Waals surface area contributed by atoms with Gasteiger partial charge in [-0.2, -0.15) is 0 Å². The van der Waals surface area contributed by atoms with Gasteiger partial charge in [0.25, 0.3) is 0 Å². The van der Waals surface area contributed by atoms with E-state index in [2.05, 4.69) is 28.0 Å². The lowest BCUT2D eigenvalue weighted by molar-refractivity contribution is -0.126. The molecule has 2 aromatic rings. The number of benzene rings is 2. The average Bonchev–Trinajstić information content (AvgIpc) is 3.28. The summed E-state index contributed by atoms with van der Waals surface area (Å²) in [5.41, 5.74) is 3.32. The number of carbonyl (C=O) groups excluding carboxylic acids is 1. The molecule has 146 valence electrons. The van der Waals surface area contributed by atoms with Crippen LogP contribution in [0.25, 0.3) is 6.08 Å². The monoisotopic (exact) mass is 395 g/mol. The van der Waals surface area contributed by atoms with Crippen LogP contribution in [0.3, 0.4) is 0 Å². The molecule has 0 aromatic heterocycles. The lowest BCUT2D eigenvalue weighted by Gasteiger charge is -2.36. The van der Waals surface area contributed by atoms with Crippen molar-refractivity contribution in [3.05, 3.63) is 65.2 Å². The summed E-state index contributed by atoms with van der Waals surface area (Å²) < 4.78 is 0. The molecule has 0 bridgehead atoms. The Morgan fingerprint density at radius 3 is 2.25 bits per heavy atom. The van der Waals surface area contributed by atoms with Crippen LogP contribution in [0.15, 0.2) is 54.6 Å². The number of hydrogen-bond donors (Lipinski definition) is 0. The third-order valence-electron chi connectivity index (χ3n) is 5.55. The lowest BCUT2D eigenvalue weighted by atomic mass is 10.2. The van der Waals surface area contributed by atoms with Gasteiger partial charge in [-0.3, -0.25) is 4.79 Å². The number of carbonyl (C=O) groups is 1. The summed E-state index contributed by atoms with van der Waals surface area (Å²) in [6, 6.07) is 16.3. The van der Waals surface area contributed by atoms with E-state index in [1.165, 1.54) is 18.5 Å². The zero-order valence-electron chi connectivity index (χ0n) is 16.1. The van der Waals surface area contributed by atoms with Crippen LogP contribution < -0.4 is 9.80 Å². The number of halogens is 1. The Bertz CT molecular complexity index is 838. The molecule has 28 heavy (non-hydrogen) atoms. The zero-order chi connectivity index (χ0) is 19.3. The van der Waals surface area contributed by atoms with E-state index in [4.69, 9.17) is 11.6 Å². The molecule has 2 aliphatic heterocycles. The second-order valence-corrected chi connectivity index (χ2v) is 7.79. The van der Waals surface area contributed by atoms with Crippen molar-refractivity contribution in [1.29, 1.82) is 0 Å². The van der Waals surface area contributed by atoms with Crippen molar-refractivity contribution in [2.75, 3.05) is 49.1 Å². The van der Waals surface area contributed by atoms with Crippen LogP contribution in [-0.2, 0) is 4.79 Å². The summed E-state index contributed by atoms with van der Waals surface area (Å²) in [7, 11) is 0. The molecular formula is C23H26ClN3O. The molecule has 0 saturated carbocycles. The highest BCUT2D eigenvalue weighted by Gasteiger charge is 2.22. The summed E-state index contributed by atoms with van der Waals surface area (Å²) in [5.74, 6) is 0.0685. The van der Waals surface area contributed by atoms with Crippen LogP contribution in [0.2, 0.25) is 5.02 Å². The van der Waals surface area contributed by atoms with Gasteiger partial charge in [0.2, 0.25) is 5.91 Å². The van der Waals surface area contributed by atoms with Gasteiger partial charge in [-0.05, 0) is 42.7 Å². The maximum atomic E-state index is 12.5. The topological polar surface area (TPSA) is 26.8 Å². The minimum atomic E-state index is 0.0685. The zero-order valence-corrected chi connectivity index (χ0v) is 16.8. The molecule has 2 heterocycles. The van der Waals surface area contributed by atoms with E-state index in [1.807, 2.05) is 41.3 Å². The molecule has 0 atom stereocenters. The minimum absolute atomic E-state index is 0.0685. The maximum absolute atomic E-state index is 12.5. The number of amides is 1. The first-order chi connectivity index (χ1) is 13.7. The molecule has 1 amide bonds. The predicted octanol–water partition coefficient (Wildman–Crippen LogP) is 4.30. The Morgan fingerprint density at radius 2 is 1.57 bits per heavy atom. The van der Waals surface area contributed by atoms with Crippen molar-refractivity contribution in [3.63, 3.8) is 0 Å². The van der Waals surface area contributed by atoms with Crippen molar-refractivity contribution in [2.45, 2.75) is 12.8 Å². The second kappa shape index (κ2) is 8.70. The first-order valence-electron chi connectivity index (χ1n) is 10.0. The molecule has 2 aromatic carbocycles. The van der Waals surface area contributed by atoms with Crippen LogP contribution in [0.4, 0.5) is 11.4 Å². The molecule has 5 heteroatoms. The number of nitrogens with zero attached hydrogens (tertiary/aromatic N) is 3. The van der Waals surface area contributed by atoms with Gasteiger partial charge in [0.1, 0.15) is 0 Å². The summed E-state index contributed by atoms with van der Waals surface area (Å²) in [4.78, 5) is 19.0. The number of hydrogen-bond acceptors (Lipinski definition) is 3. The van der Waals surface area contributed by atoms with E-state index < -0.39 is 0 Å². The van der Waals surface area contributed by atoms with E-state index in [0.717, 1.165) is 42.5 Å². The Kier molecular flexibility index (Phi) is 5.87. The van der Waals surface area contributed by atoms with Gasteiger partial charge in [0.15, 0.2) is 0 Å². The molecule has 4 rings (SSSR count). The highest BCUT2D eigenvalue weighted by molar-refractivity contribution is 6.33. The van der Waals surface area contributed by atoms with E-state index in [1.54, 1.807) is 6.08 Å². The predicted molar refractivity (Wildman–Crippen MR) is 117 cm³/mol. The first kappa shape index (κ1) is 18.9. The molecule has 0 aliphatic carbocycles. The number of piperazine rings is 1. The van der Waals surface area contributed by atoms with E-state index in [9.17, 15) is 4.79 Å². The van der Waals surface area contributed by atoms with Crippen molar-refractivity contribution < 1.29 is 4.79 Å². The Hall–Kier alpha value is -2.46. The lowest BCUT2D eigenvalue weighted by Crippen LogP contribution is -2.48. The minimum Gasteiger partial charge on any atom is -0.371 e. The van der Waals surface area contributed by atoms with Crippen LogP contribution >= 0.6 is 11.6 Å². The summed E-state index contributed by atoms with van der Waals surface area (Å²) in [5, 5.41) is 0.799. The Balaban J connectivity index is 1.35. The molecular weight excluding hydrogens is 370 g/mol. The number of anilines is 2. The van der Waals surface area contributed by atoms with Gasteiger partial charge < -0.3 is 14.7 Å². The first-order valence-corrected chi connectivity index (χ1v) is 10.4. The van der Waals surface area contributed by atoms with Crippen LogP contribution in [0.5, 0.6) is 0 Å². The Labute approximate surface area is 172 Å². The SMILES string of the molecule is O=C(C=Cc1ccccc1)N1CCN(c2ccc(N3CCCC3)cc2Cl)CC1. The number of rotatable bonds is 4. The summed E-state index contributed by atoms with van der Waals surface area (Å²) in [6.07, 6.45) is 6.06. The van der Waals surface area contributed by atoms with Crippen LogP contribution in [-0.4, -0.2) is 50.1 Å². The van der Waals surface area contributed by atoms with Gasteiger partial charge >= 0.3 is 0 Å². The third-order valence-corrected chi connectivity index (χ3v) is 5.86. The van der Waals surface area contributed by atoms with Crippen molar-refractivity contribution in [3.8, 4) is 0 Å². The van der Waals surface area contributed by atoms with Gasteiger partial charge in [-0.25, -0.2) is 0 Å². The molecule has 2 saturated heterocycles. The molecule has 0 unspecified atom stereocenters. The summed E-state index contributed by atoms with van der Waals surface area (Å²) in [6.45, 7) is 5.26. The van der Waals surface area contributed by atoms with Gasteiger partial charge in [-0.1, -0.05) is 41.9 Å². The van der Waals surface area contributed by atoms with Gasteiger partial charge in [0.05, 0.1) is 10.7 Å². The third kappa shape index (κ3) is 4.33. The van der Waals surface area contributed by atoms with Crippen LogP contribution in [0, 0.1) is 0 Å². The fraction of sp³-hybridized carbons (Fsp3) is 0.348. The fourth-order valence-corrected chi connectivity index (χ4v) is 4.22. The highest BCUT2D eigenvalue weighted by atomic mass is 35.5. The molecule has 2 fully saturated rings. The van der Waals surface area contributed by atoms with Crippen LogP contribution in [0.1, 0.15) is 18.4 Å². The van der Waals surface area contributed by atoms with Crippen molar-refractivity contribution in [2.24, 2.45) is 0 Å². The Morgan fingerprint density at radius 1 is 0.857 bits per heavy atom. The fourth-order valence-electron chi connectivity index (χ4n) is 3.93. The quantitative estimate of drug-likeness (QED) is 0.722. The smallest absolute Gasteiger partial charge is 0.246 e. The second-order valence-electron chi connectivity index (χ2n) is 7.39. The highest BCUT2D eigenvalue weighted by Crippen LogP contribution is 2.32. The van der Waals surface area contributed by atoms with E-state index in [-0.39, 0.29) is 5.91 Å². The average molecular weight is 396 g/mol. The summed E-state index contributed by atoms with van der Waals surface area (Å²) >= 11 is 6.60. The van der Waals surface area contributed by atoms with E-state index in [0.29, 0.717) is 13.1 Å². The van der Waals surface area contributed by atoms with Gasteiger partial charge in [0, 0.05) is 51.0 Å². The molecule has 2 aliphatic rings. The van der Waals surface area contributed by atoms with Crippen molar-refractivity contribution in [1.82, 2.24) is 4.90 Å². The largest absolute Gasteiger partial charge is 0.371 e. The van der Waals surface area contributed by atoms with Crippen molar-refractivity contribution >= 4 is 35.0 Å². The normalized spacial score (nSPS) is 17.5. The molecule has 0 N–H and O–H groups in total.